The number of fused-ring (bicyclic) bond motifs is 1. The molecular formula is C18H22ClN3O2S. The average molecular weight is 380 g/mol. The van der Waals surface area contributed by atoms with Gasteiger partial charge in [-0.25, -0.2) is 4.98 Å². The topological polar surface area (TPSA) is 63.2 Å². The highest BCUT2D eigenvalue weighted by Gasteiger charge is 2.18. The van der Waals surface area contributed by atoms with Crippen LogP contribution in [-0.4, -0.2) is 36.7 Å². The zero-order valence-corrected chi connectivity index (χ0v) is 15.5. The van der Waals surface area contributed by atoms with Crippen LogP contribution in [0.2, 0.25) is 0 Å². The third-order valence-corrected chi connectivity index (χ3v) is 5.33. The van der Waals surface area contributed by atoms with Gasteiger partial charge in [0.1, 0.15) is 0 Å². The average Bonchev–Trinajstić information content (AvgIpc) is 3.24. The molecule has 134 valence electrons. The van der Waals surface area contributed by atoms with Crippen molar-refractivity contribution in [1.29, 1.82) is 0 Å². The molecule has 2 aromatic rings. The smallest absolute Gasteiger partial charge is 0.227 e. The number of ether oxygens (including phenoxy) is 1. The Balaban J connectivity index is 0.00000182. The van der Waals surface area contributed by atoms with E-state index >= 15 is 0 Å². The quantitative estimate of drug-likeness (QED) is 0.857. The maximum atomic E-state index is 12.1. The second-order valence-electron chi connectivity index (χ2n) is 6.35. The zero-order chi connectivity index (χ0) is 16.4. The van der Waals surface area contributed by atoms with Crippen molar-refractivity contribution in [1.82, 2.24) is 10.3 Å². The molecule has 5 nitrogen and oxygen atoms in total. The molecule has 0 radical (unpaired) electrons. The van der Waals surface area contributed by atoms with Crippen LogP contribution in [0.1, 0.15) is 24.0 Å². The number of halogens is 1. The number of anilines is 1. The Morgan fingerprint density at radius 1 is 1.36 bits per heavy atom. The van der Waals surface area contributed by atoms with Crippen LogP contribution < -0.4 is 10.6 Å². The first-order valence-electron chi connectivity index (χ1n) is 8.46. The summed E-state index contributed by atoms with van der Waals surface area (Å²) in [7, 11) is 0. The van der Waals surface area contributed by atoms with Crippen LogP contribution in [0.25, 0.3) is 11.3 Å². The highest BCUT2D eigenvalue weighted by molar-refractivity contribution is 7.14. The van der Waals surface area contributed by atoms with Crippen LogP contribution in [0.5, 0.6) is 0 Å². The van der Waals surface area contributed by atoms with E-state index in [-0.39, 0.29) is 24.4 Å². The SMILES string of the molecule is Cl.O=C(CC1COCCN1)Nc1nc(-c2ccc3c(c2)CCC3)cs1. The largest absolute Gasteiger partial charge is 0.378 e. The Morgan fingerprint density at radius 2 is 2.24 bits per heavy atom. The van der Waals surface area contributed by atoms with E-state index in [2.05, 4.69) is 33.8 Å². The number of rotatable bonds is 4. The van der Waals surface area contributed by atoms with Crippen molar-refractivity contribution in [2.24, 2.45) is 0 Å². The lowest BCUT2D eigenvalue weighted by Crippen LogP contribution is -2.43. The van der Waals surface area contributed by atoms with Crippen molar-refractivity contribution < 1.29 is 9.53 Å². The summed E-state index contributed by atoms with van der Waals surface area (Å²) in [5.74, 6) is -0.0205. The highest BCUT2D eigenvalue weighted by Crippen LogP contribution is 2.30. The van der Waals surface area contributed by atoms with Gasteiger partial charge in [0.05, 0.1) is 18.9 Å². The van der Waals surface area contributed by atoms with Crippen molar-refractivity contribution in [3.05, 3.63) is 34.7 Å². The van der Waals surface area contributed by atoms with Gasteiger partial charge < -0.3 is 15.4 Å². The number of aryl methyl sites for hydroxylation is 2. The molecule has 1 saturated heterocycles. The van der Waals surface area contributed by atoms with Gasteiger partial charge in [0, 0.05) is 30.0 Å². The Morgan fingerprint density at radius 3 is 3.08 bits per heavy atom. The molecular weight excluding hydrogens is 358 g/mol. The number of benzene rings is 1. The van der Waals surface area contributed by atoms with Crippen LogP contribution in [-0.2, 0) is 22.4 Å². The second-order valence-corrected chi connectivity index (χ2v) is 7.21. The minimum atomic E-state index is -0.0205. The van der Waals surface area contributed by atoms with Crippen LogP contribution in [0, 0.1) is 0 Å². The van der Waals surface area contributed by atoms with E-state index in [0.717, 1.165) is 30.8 Å². The van der Waals surface area contributed by atoms with Crippen molar-refractivity contribution in [3.63, 3.8) is 0 Å². The summed E-state index contributed by atoms with van der Waals surface area (Å²) in [6.45, 7) is 2.11. The van der Waals surface area contributed by atoms with Crippen molar-refractivity contribution in [3.8, 4) is 11.3 Å². The minimum absolute atomic E-state index is 0. The Bertz CT molecular complexity index is 744. The maximum absolute atomic E-state index is 12.1. The van der Waals surface area contributed by atoms with Gasteiger partial charge >= 0.3 is 0 Å². The van der Waals surface area contributed by atoms with Gasteiger partial charge in [0.25, 0.3) is 0 Å². The van der Waals surface area contributed by atoms with Gasteiger partial charge in [0.2, 0.25) is 5.91 Å². The molecule has 1 fully saturated rings. The van der Waals surface area contributed by atoms with E-state index in [1.807, 2.05) is 5.38 Å². The maximum Gasteiger partial charge on any atom is 0.227 e. The lowest BCUT2D eigenvalue weighted by atomic mass is 10.1. The highest BCUT2D eigenvalue weighted by atomic mass is 35.5. The standard InChI is InChI=1S/C18H21N3O2S.ClH/c22-17(9-15-10-23-7-6-19-15)21-18-20-16(11-24-18)14-5-4-12-2-1-3-13(12)8-14;/h4-5,8,11,15,19H,1-3,6-7,9-10H2,(H,20,21,22);1H. The molecule has 2 heterocycles. The van der Waals surface area contributed by atoms with E-state index in [1.54, 1.807) is 0 Å². The molecule has 2 N–H and O–H groups in total. The molecule has 1 unspecified atom stereocenters. The predicted molar refractivity (Wildman–Crippen MR) is 103 cm³/mol. The third-order valence-electron chi connectivity index (χ3n) is 4.58. The van der Waals surface area contributed by atoms with E-state index in [1.165, 1.54) is 35.3 Å². The molecule has 1 aromatic heterocycles. The van der Waals surface area contributed by atoms with Gasteiger partial charge in [-0.1, -0.05) is 12.1 Å². The van der Waals surface area contributed by atoms with Crippen LogP contribution >= 0.6 is 23.7 Å². The first-order valence-corrected chi connectivity index (χ1v) is 9.34. The van der Waals surface area contributed by atoms with Crippen LogP contribution in [0.3, 0.4) is 0 Å². The van der Waals surface area contributed by atoms with Gasteiger partial charge in [-0.15, -0.1) is 23.7 Å². The fourth-order valence-electron chi connectivity index (χ4n) is 3.34. The monoisotopic (exact) mass is 379 g/mol. The van der Waals surface area contributed by atoms with Gasteiger partial charge in [-0.05, 0) is 36.5 Å². The number of morpholine rings is 1. The van der Waals surface area contributed by atoms with Gasteiger partial charge in [0.15, 0.2) is 5.13 Å². The summed E-state index contributed by atoms with van der Waals surface area (Å²) in [6.07, 6.45) is 4.00. The summed E-state index contributed by atoms with van der Waals surface area (Å²) in [5.41, 5.74) is 4.97. The number of thiazole rings is 1. The van der Waals surface area contributed by atoms with E-state index in [4.69, 9.17) is 4.74 Å². The Labute approximate surface area is 157 Å². The first-order chi connectivity index (χ1) is 11.8. The fraction of sp³-hybridized carbons (Fsp3) is 0.444. The number of amides is 1. The number of nitrogens with zero attached hydrogens (tertiary/aromatic N) is 1. The predicted octanol–water partition coefficient (Wildman–Crippen LogP) is 3.04. The Kier molecular flexibility index (Phi) is 6.06. The molecule has 1 aromatic carbocycles. The number of carbonyl (C=O) groups is 1. The number of hydrogen-bond acceptors (Lipinski definition) is 5. The first kappa shape index (κ1) is 18.3. The molecule has 4 rings (SSSR count). The number of hydrogen-bond donors (Lipinski definition) is 2. The molecule has 0 spiro atoms. The lowest BCUT2D eigenvalue weighted by Gasteiger charge is -2.22. The molecule has 7 heteroatoms. The summed E-state index contributed by atoms with van der Waals surface area (Å²) >= 11 is 1.47. The summed E-state index contributed by atoms with van der Waals surface area (Å²) in [6, 6.07) is 6.68. The minimum Gasteiger partial charge on any atom is -0.378 e. The van der Waals surface area contributed by atoms with Crippen molar-refractivity contribution in [2.75, 3.05) is 25.1 Å². The molecule has 1 atom stereocenters. The molecule has 1 aliphatic carbocycles. The zero-order valence-electron chi connectivity index (χ0n) is 13.9. The van der Waals surface area contributed by atoms with E-state index < -0.39 is 0 Å². The Hall–Kier alpha value is -1.47. The molecule has 0 bridgehead atoms. The van der Waals surface area contributed by atoms with Crippen LogP contribution in [0.4, 0.5) is 5.13 Å². The van der Waals surface area contributed by atoms with Crippen LogP contribution in [0.15, 0.2) is 23.6 Å². The molecule has 0 saturated carbocycles. The van der Waals surface area contributed by atoms with Gasteiger partial charge in [-0.2, -0.15) is 0 Å². The normalized spacial score (nSPS) is 19.1. The number of aromatic nitrogens is 1. The van der Waals surface area contributed by atoms with Crippen molar-refractivity contribution >= 4 is 34.8 Å². The summed E-state index contributed by atoms with van der Waals surface area (Å²) in [4.78, 5) is 16.7. The molecule has 2 aliphatic rings. The van der Waals surface area contributed by atoms with Gasteiger partial charge in [-0.3, -0.25) is 4.79 Å². The summed E-state index contributed by atoms with van der Waals surface area (Å²) in [5, 5.41) is 8.86. The third kappa shape index (κ3) is 4.39. The molecule has 1 amide bonds. The van der Waals surface area contributed by atoms with E-state index in [9.17, 15) is 4.79 Å². The number of carbonyl (C=O) groups excluding carboxylic acids is 1. The number of nitrogens with one attached hydrogen (secondary N) is 2. The second kappa shape index (κ2) is 8.27. The molecule has 25 heavy (non-hydrogen) atoms. The fourth-order valence-corrected chi connectivity index (χ4v) is 4.08. The van der Waals surface area contributed by atoms with E-state index in [0.29, 0.717) is 18.2 Å². The molecule has 1 aliphatic heterocycles. The summed E-state index contributed by atoms with van der Waals surface area (Å²) < 4.78 is 5.38. The van der Waals surface area contributed by atoms with Crippen molar-refractivity contribution in [2.45, 2.75) is 31.7 Å². The lowest BCUT2D eigenvalue weighted by molar-refractivity contribution is -0.117.